The van der Waals surface area contributed by atoms with Gasteiger partial charge in [-0.1, -0.05) is 17.7 Å². The van der Waals surface area contributed by atoms with Crippen molar-refractivity contribution in [2.75, 3.05) is 13.1 Å². The Kier molecular flexibility index (Phi) is 4.14. The molecule has 0 aromatic heterocycles. The van der Waals surface area contributed by atoms with Gasteiger partial charge >= 0.3 is 17.8 Å². The number of allylic oxidation sites excluding steroid dienone is 1. The lowest BCUT2D eigenvalue weighted by molar-refractivity contribution is -0.143. The molecule has 19 heavy (non-hydrogen) atoms. The van der Waals surface area contributed by atoms with Crippen LogP contribution in [0.1, 0.15) is 32.1 Å². The largest absolute Gasteiger partial charge is 0.334 e. The van der Waals surface area contributed by atoms with Crippen LogP contribution in [-0.4, -0.2) is 40.7 Å². The molecular weight excluding hydrogens is 244 g/mol. The summed E-state index contributed by atoms with van der Waals surface area (Å²) in [7, 11) is 0. The Morgan fingerprint density at radius 1 is 1.16 bits per heavy atom. The van der Waals surface area contributed by atoms with E-state index in [1.807, 2.05) is 0 Å². The second kappa shape index (κ2) is 5.82. The average molecular weight is 262 g/mol. The van der Waals surface area contributed by atoms with Crippen molar-refractivity contribution in [2.24, 2.45) is 0 Å². The average Bonchev–Trinajstić information content (AvgIpc) is 2.63. The van der Waals surface area contributed by atoms with Crippen molar-refractivity contribution in [3.05, 3.63) is 24.3 Å². The molecule has 0 atom stereocenters. The molecule has 0 N–H and O–H groups in total. The van der Waals surface area contributed by atoms with Crippen molar-refractivity contribution in [3.63, 3.8) is 0 Å². The Labute approximate surface area is 112 Å². The molecule has 5 heteroatoms. The van der Waals surface area contributed by atoms with Gasteiger partial charge in [0.1, 0.15) is 0 Å². The fourth-order valence-corrected chi connectivity index (χ4v) is 2.42. The molecule has 1 heterocycles. The maximum Gasteiger partial charge on any atom is 0.334 e. The predicted molar refractivity (Wildman–Crippen MR) is 70.2 cm³/mol. The molecule has 0 spiro atoms. The maximum absolute atomic E-state index is 11.9. The molecule has 2 aliphatic rings. The van der Waals surface area contributed by atoms with Gasteiger partial charge < -0.3 is 0 Å². The molecule has 1 saturated heterocycles. The zero-order valence-electron chi connectivity index (χ0n) is 10.9. The number of carbonyl (C=O) groups excluding carboxylic acids is 3. The van der Waals surface area contributed by atoms with Crippen molar-refractivity contribution in [1.29, 1.82) is 0 Å². The zero-order chi connectivity index (χ0) is 13.8. The first kappa shape index (κ1) is 13.5. The van der Waals surface area contributed by atoms with Crippen LogP contribution >= 0.6 is 0 Å². The van der Waals surface area contributed by atoms with E-state index in [-0.39, 0.29) is 6.54 Å². The van der Waals surface area contributed by atoms with Gasteiger partial charge in [0.2, 0.25) is 0 Å². The normalized spacial score (nSPS) is 20.0. The third-order valence-electron chi connectivity index (χ3n) is 3.49. The van der Waals surface area contributed by atoms with Gasteiger partial charge in [0.15, 0.2) is 0 Å². The van der Waals surface area contributed by atoms with Gasteiger partial charge in [-0.05, 0) is 32.1 Å². The summed E-state index contributed by atoms with van der Waals surface area (Å²) in [6.07, 6.45) is 8.76. The number of imide groups is 2. The Balaban J connectivity index is 1.98. The quantitative estimate of drug-likeness (QED) is 0.431. The molecule has 0 bridgehead atoms. The maximum atomic E-state index is 11.9. The molecule has 0 aromatic carbocycles. The van der Waals surface area contributed by atoms with Crippen molar-refractivity contribution in [3.8, 4) is 0 Å². The Morgan fingerprint density at radius 3 is 2.53 bits per heavy atom. The molecule has 0 saturated carbocycles. The van der Waals surface area contributed by atoms with E-state index in [0.717, 1.165) is 29.1 Å². The predicted octanol–water partition coefficient (Wildman–Crippen LogP) is 1.85. The van der Waals surface area contributed by atoms with Crippen LogP contribution in [0.4, 0.5) is 4.79 Å². The van der Waals surface area contributed by atoms with Gasteiger partial charge in [-0.2, -0.15) is 0 Å². The summed E-state index contributed by atoms with van der Waals surface area (Å²) >= 11 is 0. The van der Waals surface area contributed by atoms with Crippen LogP contribution in [0.2, 0.25) is 0 Å². The van der Waals surface area contributed by atoms with Crippen LogP contribution in [0.5, 0.6) is 0 Å². The van der Waals surface area contributed by atoms with E-state index in [1.165, 1.54) is 18.1 Å². The van der Waals surface area contributed by atoms with Crippen LogP contribution in [0.3, 0.4) is 0 Å². The lowest BCUT2D eigenvalue weighted by Crippen LogP contribution is -2.34. The van der Waals surface area contributed by atoms with Crippen LogP contribution in [-0.2, 0) is 9.59 Å². The minimum atomic E-state index is -0.748. The van der Waals surface area contributed by atoms with E-state index in [0.29, 0.717) is 13.0 Å². The molecule has 0 aromatic rings. The number of rotatable bonds is 5. The van der Waals surface area contributed by atoms with Crippen LogP contribution in [0.15, 0.2) is 24.3 Å². The smallest absolute Gasteiger partial charge is 0.263 e. The first-order valence-corrected chi connectivity index (χ1v) is 6.61. The van der Waals surface area contributed by atoms with Crippen molar-refractivity contribution in [2.45, 2.75) is 32.1 Å². The minimum absolute atomic E-state index is 0.0859. The van der Waals surface area contributed by atoms with Crippen molar-refractivity contribution >= 4 is 17.8 Å². The summed E-state index contributed by atoms with van der Waals surface area (Å²) in [6, 6.07) is -0.522. The first-order chi connectivity index (χ1) is 9.15. The van der Waals surface area contributed by atoms with E-state index in [4.69, 9.17) is 0 Å². The number of hydrogen-bond acceptors (Lipinski definition) is 3. The number of carbonyl (C=O) groups is 3. The van der Waals surface area contributed by atoms with Gasteiger partial charge in [0.25, 0.3) is 0 Å². The summed E-state index contributed by atoms with van der Waals surface area (Å²) in [5.41, 5.74) is 1.28. The molecule has 1 aliphatic heterocycles. The van der Waals surface area contributed by atoms with E-state index >= 15 is 0 Å². The highest BCUT2D eigenvalue weighted by Crippen LogP contribution is 2.21. The number of nitrogens with zero attached hydrogens (tertiary/aromatic N) is 2. The topological polar surface area (TPSA) is 57.7 Å². The second-order valence-corrected chi connectivity index (χ2v) is 4.80. The Morgan fingerprint density at radius 2 is 1.89 bits per heavy atom. The molecule has 0 radical (unpaired) electrons. The monoisotopic (exact) mass is 262 g/mol. The molecule has 1 aliphatic carbocycles. The van der Waals surface area contributed by atoms with E-state index in [2.05, 4.69) is 12.7 Å². The molecule has 102 valence electrons. The lowest BCUT2D eigenvalue weighted by Gasteiger charge is -2.17. The Hall–Kier alpha value is -1.91. The highest BCUT2D eigenvalue weighted by atomic mass is 16.2. The summed E-state index contributed by atoms with van der Waals surface area (Å²) in [6.45, 7) is 3.86. The summed E-state index contributed by atoms with van der Waals surface area (Å²) in [4.78, 5) is 37.3. The van der Waals surface area contributed by atoms with Gasteiger partial charge in [0, 0.05) is 13.1 Å². The van der Waals surface area contributed by atoms with Crippen molar-refractivity contribution in [1.82, 2.24) is 9.80 Å². The standard InChI is InChI=1S/C14H18N2O3/c1-2-9-15-12(17)13(18)16(14(15)19)10-8-11-6-4-3-5-7-11/h2,6H,1,3-5,7-10H2. The SMILES string of the molecule is C=CCN1C(=O)C(=O)N(CCC2=CCCCC2)C1=O. The van der Waals surface area contributed by atoms with E-state index in [1.54, 1.807) is 0 Å². The van der Waals surface area contributed by atoms with Crippen LogP contribution in [0.25, 0.3) is 0 Å². The minimum Gasteiger partial charge on any atom is -0.263 e. The van der Waals surface area contributed by atoms with Gasteiger partial charge in [-0.3, -0.25) is 19.4 Å². The fraction of sp³-hybridized carbons (Fsp3) is 0.500. The number of hydrogen-bond donors (Lipinski definition) is 0. The van der Waals surface area contributed by atoms with Crippen molar-refractivity contribution < 1.29 is 14.4 Å². The molecule has 4 amide bonds. The highest BCUT2D eigenvalue weighted by molar-refractivity contribution is 6.44. The summed E-state index contributed by atoms with van der Waals surface area (Å²) < 4.78 is 0. The third-order valence-corrected chi connectivity index (χ3v) is 3.49. The van der Waals surface area contributed by atoms with Crippen LogP contribution in [0, 0.1) is 0 Å². The molecule has 1 fully saturated rings. The van der Waals surface area contributed by atoms with Crippen LogP contribution < -0.4 is 0 Å². The summed E-state index contributed by atoms with van der Waals surface area (Å²) in [5, 5.41) is 0. The Bertz CT molecular complexity index is 454. The highest BCUT2D eigenvalue weighted by Gasteiger charge is 2.43. The van der Waals surface area contributed by atoms with Gasteiger partial charge in [-0.15, -0.1) is 6.58 Å². The third kappa shape index (κ3) is 2.75. The fourth-order valence-electron chi connectivity index (χ4n) is 2.42. The first-order valence-electron chi connectivity index (χ1n) is 6.61. The molecule has 2 rings (SSSR count). The zero-order valence-corrected chi connectivity index (χ0v) is 10.9. The lowest BCUT2D eigenvalue weighted by atomic mass is 9.97. The summed E-state index contributed by atoms with van der Waals surface area (Å²) in [5.74, 6) is -1.47. The van der Waals surface area contributed by atoms with E-state index in [9.17, 15) is 14.4 Å². The number of urea groups is 1. The molecule has 0 unspecified atom stereocenters. The second-order valence-electron chi connectivity index (χ2n) is 4.80. The number of amides is 4. The van der Waals surface area contributed by atoms with Gasteiger partial charge in [-0.25, -0.2) is 4.79 Å². The van der Waals surface area contributed by atoms with E-state index < -0.39 is 17.8 Å². The van der Waals surface area contributed by atoms with Gasteiger partial charge in [0.05, 0.1) is 0 Å². The molecular formula is C14H18N2O3. The molecule has 5 nitrogen and oxygen atoms in total.